The average Bonchev–Trinajstić information content (AvgIpc) is 1.81. The second-order valence-electron chi connectivity index (χ2n) is 4.30. The van der Waals surface area contributed by atoms with Crippen LogP contribution in [0.15, 0.2) is 0 Å². The highest BCUT2D eigenvalue weighted by Gasteiger charge is 2.36. The second kappa shape index (κ2) is 3.92. The second-order valence-corrected chi connectivity index (χ2v) is 9.49. The lowest BCUT2D eigenvalue weighted by Crippen LogP contribution is -2.41. The van der Waals surface area contributed by atoms with Gasteiger partial charge in [-0.3, -0.25) is 0 Å². The predicted octanol–water partition coefficient (Wildman–Crippen LogP) is 3.25. The maximum atomic E-state index is 5.75. The Kier molecular flexibility index (Phi) is 4.09. The first-order valence-electron chi connectivity index (χ1n) is 4.01. The Morgan fingerprint density at radius 3 is 2.00 bits per heavy atom. The molecule has 0 unspecified atom stereocenters. The van der Waals surface area contributed by atoms with Crippen molar-refractivity contribution in [3.8, 4) is 0 Å². The van der Waals surface area contributed by atoms with Gasteiger partial charge in [0.2, 0.25) is 0 Å². The molecule has 0 radical (unpaired) electrons. The third kappa shape index (κ3) is 3.59. The van der Waals surface area contributed by atoms with Crippen molar-refractivity contribution in [1.29, 1.82) is 0 Å². The monoisotopic (exact) mass is 194 g/mol. The summed E-state index contributed by atoms with van der Waals surface area (Å²) < 4.78 is 5.75. The number of hydrogen-bond acceptors (Lipinski definition) is 1. The minimum Gasteiger partial charge on any atom is -0.416 e. The van der Waals surface area contributed by atoms with E-state index < -0.39 is 8.32 Å². The molecule has 0 saturated carbocycles. The van der Waals surface area contributed by atoms with Gasteiger partial charge in [-0.25, -0.2) is 0 Å². The maximum Gasteiger partial charge on any atom is 0.192 e. The van der Waals surface area contributed by atoms with Crippen molar-refractivity contribution in [3.63, 3.8) is 0 Å². The molecule has 0 aliphatic carbocycles. The van der Waals surface area contributed by atoms with Crippen molar-refractivity contribution >= 4 is 19.9 Å². The highest BCUT2D eigenvalue weighted by Crippen LogP contribution is 2.36. The molecule has 0 rings (SSSR count). The van der Waals surface area contributed by atoms with Crippen LogP contribution in [0.3, 0.4) is 0 Å². The van der Waals surface area contributed by atoms with Gasteiger partial charge in [-0.05, 0) is 18.1 Å². The Morgan fingerprint density at radius 2 is 1.73 bits per heavy atom. The number of halogens is 1. The zero-order valence-electron chi connectivity index (χ0n) is 8.20. The molecule has 0 aromatic carbocycles. The third-order valence-electron chi connectivity index (χ3n) is 2.35. The summed E-state index contributed by atoms with van der Waals surface area (Å²) >= 11 is 5.55. The molecule has 68 valence electrons. The van der Waals surface area contributed by atoms with E-state index in [-0.39, 0.29) is 0 Å². The number of hydrogen-bond donors (Lipinski definition) is 0. The summed E-state index contributed by atoms with van der Waals surface area (Å²) in [6, 6.07) is 0. The summed E-state index contributed by atoms with van der Waals surface area (Å²) in [4.78, 5) is 0. The van der Waals surface area contributed by atoms with Crippen molar-refractivity contribution in [3.05, 3.63) is 0 Å². The zero-order chi connectivity index (χ0) is 9.12. The van der Waals surface area contributed by atoms with Crippen molar-refractivity contribution in [2.45, 2.75) is 38.9 Å². The lowest BCUT2D eigenvalue weighted by molar-refractivity contribution is 0.310. The van der Waals surface area contributed by atoms with Gasteiger partial charge in [-0.2, -0.15) is 0 Å². The SMILES string of the molecule is CC(C)(C)[Si](C)(C)OCCCl. The Morgan fingerprint density at radius 1 is 1.27 bits per heavy atom. The lowest BCUT2D eigenvalue weighted by atomic mass is 10.2. The Bertz CT molecular complexity index is 118. The first-order chi connectivity index (χ1) is 4.81. The number of alkyl halides is 1. The van der Waals surface area contributed by atoms with Gasteiger partial charge in [-0.1, -0.05) is 20.8 Å². The first kappa shape index (κ1) is 11.5. The molecule has 0 fully saturated rings. The van der Waals surface area contributed by atoms with E-state index in [1.807, 2.05) is 0 Å². The van der Waals surface area contributed by atoms with Crippen LogP contribution in [0.4, 0.5) is 0 Å². The van der Waals surface area contributed by atoms with E-state index in [9.17, 15) is 0 Å². The van der Waals surface area contributed by atoms with Crippen LogP contribution >= 0.6 is 11.6 Å². The van der Waals surface area contributed by atoms with E-state index in [1.165, 1.54) is 0 Å². The molecule has 0 aliphatic rings. The maximum absolute atomic E-state index is 5.75. The normalized spacial score (nSPS) is 13.6. The van der Waals surface area contributed by atoms with Gasteiger partial charge < -0.3 is 4.43 Å². The van der Waals surface area contributed by atoms with Gasteiger partial charge >= 0.3 is 0 Å². The molecule has 0 amide bonds. The smallest absolute Gasteiger partial charge is 0.192 e. The molecule has 0 aromatic rings. The van der Waals surface area contributed by atoms with Crippen LogP contribution in [0.25, 0.3) is 0 Å². The van der Waals surface area contributed by atoms with E-state index >= 15 is 0 Å². The molecule has 0 heterocycles. The van der Waals surface area contributed by atoms with E-state index in [0.717, 1.165) is 0 Å². The molecule has 11 heavy (non-hydrogen) atoms. The summed E-state index contributed by atoms with van der Waals surface area (Å²) in [6.07, 6.45) is 0. The van der Waals surface area contributed by atoms with Gasteiger partial charge in [-0.15, -0.1) is 11.6 Å². The Balaban J connectivity index is 4.00. The summed E-state index contributed by atoms with van der Waals surface area (Å²) in [6.45, 7) is 11.9. The van der Waals surface area contributed by atoms with Gasteiger partial charge in [0, 0.05) is 12.5 Å². The molecular formula is C8H19ClOSi. The Hall–Kier alpha value is 0.467. The van der Waals surface area contributed by atoms with Crippen LogP contribution in [0, 0.1) is 0 Å². The zero-order valence-corrected chi connectivity index (χ0v) is 9.96. The van der Waals surface area contributed by atoms with E-state index in [0.29, 0.717) is 17.5 Å². The topological polar surface area (TPSA) is 9.23 Å². The largest absolute Gasteiger partial charge is 0.416 e. The summed E-state index contributed by atoms with van der Waals surface area (Å²) in [7, 11) is -1.51. The fraction of sp³-hybridized carbons (Fsp3) is 1.00. The molecule has 3 heteroatoms. The van der Waals surface area contributed by atoms with Gasteiger partial charge in [0.1, 0.15) is 0 Å². The van der Waals surface area contributed by atoms with Gasteiger partial charge in [0.15, 0.2) is 8.32 Å². The highest BCUT2D eigenvalue weighted by atomic mass is 35.5. The van der Waals surface area contributed by atoms with Crippen molar-refractivity contribution in [1.82, 2.24) is 0 Å². The van der Waals surface area contributed by atoms with Crippen LogP contribution in [0.1, 0.15) is 20.8 Å². The van der Waals surface area contributed by atoms with Crippen LogP contribution < -0.4 is 0 Å². The highest BCUT2D eigenvalue weighted by molar-refractivity contribution is 6.74. The molecular weight excluding hydrogens is 176 g/mol. The molecule has 0 spiro atoms. The summed E-state index contributed by atoms with van der Waals surface area (Å²) in [5, 5.41) is 0.305. The van der Waals surface area contributed by atoms with Crippen molar-refractivity contribution in [2.24, 2.45) is 0 Å². The average molecular weight is 195 g/mol. The van der Waals surface area contributed by atoms with Crippen LogP contribution in [0.5, 0.6) is 0 Å². The first-order valence-corrected chi connectivity index (χ1v) is 7.45. The van der Waals surface area contributed by atoms with E-state index in [2.05, 4.69) is 33.9 Å². The minimum absolute atomic E-state index is 0.305. The van der Waals surface area contributed by atoms with Crippen LogP contribution in [0.2, 0.25) is 18.1 Å². The quantitative estimate of drug-likeness (QED) is 0.495. The molecule has 1 nitrogen and oxygen atoms in total. The van der Waals surface area contributed by atoms with Crippen LogP contribution in [-0.2, 0) is 4.43 Å². The number of rotatable bonds is 3. The third-order valence-corrected chi connectivity index (χ3v) is 7.04. The minimum atomic E-state index is -1.51. The summed E-state index contributed by atoms with van der Waals surface area (Å²) in [5.74, 6) is 0.604. The molecule has 0 atom stereocenters. The molecule has 0 N–H and O–H groups in total. The summed E-state index contributed by atoms with van der Waals surface area (Å²) in [5.41, 5.74) is 0. The lowest BCUT2D eigenvalue weighted by Gasteiger charge is -2.35. The Labute approximate surface area is 76.2 Å². The van der Waals surface area contributed by atoms with Gasteiger partial charge in [0.25, 0.3) is 0 Å². The van der Waals surface area contributed by atoms with Gasteiger partial charge in [0.05, 0.1) is 0 Å². The molecule has 0 aromatic heterocycles. The molecule has 0 aliphatic heterocycles. The van der Waals surface area contributed by atoms with E-state index in [1.54, 1.807) is 0 Å². The fourth-order valence-electron chi connectivity index (χ4n) is 0.510. The molecule has 0 saturated heterocycles. The molecule has 0 bridgehead atoms. The van der Waals surface area contributed by atoms with Crippen molar-refractivity contribution in [2.75, 3.05) is 12.5 Å². The van der Waals surface area contributed by atoms with E-state index in [4.69, 9.17) is 16.0 Å². The van der Waals surface area contributed by atoms with Crippen molar-refractivity contribution < 1.29 is 4.43 Å². The predicted molar refractivity (Wildman–Crippen MR) is 53.9 cm³/mol. The standard InChI is InChI=1S/C8H19ClOSi/c1-8(2,3)11(4,5)10-7-6-9/h6-7H2,1-5H3. The fourth-order valence-corrected chi connectivity index (χ4v) is 1.76. The van der Waals surface area contributed by atoms with Crippen LogP contribution in [-0.4, -0.2) is 20.8 Å².